The lowest BCUT2D eigenvalue weighted by Gasteiger charge is -2.18. The number of allylic oxidation sites excluding steroid dienone is 24. The van der Waals surface area contributed by atoms with E-state index in [1.54, 1.807) is 0 Å². The number of hydrogen-bond donors (Lipinski definition) is 0. The van der Waals surface area contributed by atoms with Crippen molar-refractivity contribution in [2.75, 3.05) is 13.2 Å². The lowest BCUT2D eigenvalue weighted by molar-refractivity contribution is -0.167. The number of carbonyl (C=O) groups is 3. The van der Waals surface area contributed by atoms with Gasteiger partial charge in [0.2, 0.25) is 0 Å². The highest BCUT2D eigenvalue weighted by Crippen LogP contribution is 2.12. The Labute approximate surface area is 385 Å². The lowest BCUT2D eigenvalue weighted by atomic mass is 10.1. The van der Waals surface area contributed by atoms with E-state index in [0.717, 1.165) is 109 Å². The minimum absolute atomic E-state index is 0.118. The van der Waals surface area contributed by atoms with Crippen LogP contribution in [-0.2, 0) is 28.6 Å². The van der Waals surface area contributed by atoms with Crippen molar-refractivity contribution >= 4 is 17.9 Å². The average Bonchev–Trinajstić information content (AvgIpc) is 3.28. The van der Waals surface area contributed by atoms with Gasteiger partial charge in [-0.15, -0.1) is 0 Å². The maximum absolute atomic E-state index is 12.8. The molecule has 63 heavy (non-hydrogen) atoms. The summed E-state index contributed by atoms with van der Waals surface area (Å²) in [5.74, 6) is -1.02. The van der Waals surface area contributed by atoms with Crippen LogP contribution in [0.15, 0.2) is 146 Å². The molecular formula is C57H86O6. The van der Waals surface area contributed by atoms with Crippen LogP contribution >= 0.6 is 0 Å². The monoisotopic (exact) mass is 867 g/mol. The van der Waals surface area contributed by atoms with Gasteiger partial charge in [0.1, 0.15) is 13.2 Å². The normalized spacial score (nSPS) is 13.4. The van der Waals surface area contributed by atoms with Gasteiger partial charge in [-0.3, -0.25) is 14.4 Å². The van der Waals surface area contributed by atoms with Crippen LogP contribution in [-0.4, -0.2) is 37.2 Å². The molecule has 0 bridgehead atoms. The summed E-state index contributed by atoms with van der Waals surface area (Å²) in [5, 5.41) is 0. The second-order valence-corrected chi connectivity index (χ2v) is 15.6. The highest BCUT2D eigenvalue weighted by atomic mass is 16.6. The molecule has 0 aromatic carbocycles. The fourth-order valence-corrected chi connectivity index (χ4v) is 5.89. The predicted octanol–water partition coefficient (Wildman–Crippen LogP) is 16.1. The summed E-state index contributed by atoms with van der Waals surface area (Å²) in [7, 11) is 0. The minimum Gasteiger partial charge on any atom is -0.462 e. The summed E-state index contributed by atoms with van der Waals surface area (Å²) in [6.45, 7) is 6.25. The van der Waals surface area contributed by atoms with Crippen molar-refractivity contribution < 1.29 is 28.6 Å². The first kappa shape index (κ1) is 58.3. The van der Waals surface area contributed by atoms with E-state index in [0.29, 0.717) is 19.3 Å². The third-order valence-corrected chi connectivity index (χ3v) is 9.57. The Bertz CT molecular complexity index is 1460. The van der Waals surface area contributed by atoms with E-state index in [9.17, 15) is 14.4 Å². The molecule has 0 heterocycles. The van der Waals surface area contributed by atoms with Crippen molar-refractivity contribution in [1.82, 2.24) is 0 Å². The molecular weight excluding hydrogens is 781 g/mol. The molecule has 0 spiro atoms. The summed E-state index contributed by atoms with van der Waals surface area (Å²) >= 11 is 0. The second-order valence-electron chi connectivity index (χ2n) is 15.6. The highest BCUT2D eigenvalue weighted by Gasteiger charge is 2.19. The minimum atomic E-state index is -0.822. The molecule has 6 nitrogen and oxygen atoms in total. The van der Waals surface area contributed by atoms with Crippen molar-refractivity contribution in [3.63, 3.8) is 0 Å². The standard InChI is InChI=1S/C57H86O6/c1-4-7-10-13-16-19-22-24-26-28-30-31-33-35-38-41-44-47-50-56(59)62-53-54(52-61-55(58)49-46-43-40-37-21-18-15-12-9-6-3)63-57(60)51-48-45-42-39-36-34-32-29-27-25-23-20-17-14-11-8-5-2/h8,10-11,13-20,22-32,34,36,54H,4-7,9,12,21,33,35,37-53H2,1-3H3/b11-8-,13-10-,17-14-,18-15-,19-16-,23-20-,24-22-,27-25-,28-26-,31-30-,32-29+,36-34-. The quantitative estimate of drug-likeness (QED) is 0.0200. The third-order valence-electron chi connectivity index (χ3n) is 9.57. The number of hydrogen-bond acceptors (Lipinski definition) is 6. The maximum Gasteiger partial charge on any atom is 0.306 e. The Morgan fingerprint density at radius 1 is 0.333 bits per heavy atom. The number of unbranched alkanes of at least 4 members (excludes halogenated alkanes) is 15. The largest absolute Gasteiger partial charge is 0.462 e. The van der Waals surface area contributed by atoms with E-state index >= 15 is 0 Å². The zero-order valence-corrected chi connectivity index (χ0v) is 39.8. The first-order valence-corrected chi connectivity index (χ1v) is 24.5. The van der Waals surface area contributed by atoms with Crippen LogP contribution in [0.1, 0.15) is 175 Å². The summed E-state index contributed by atoms with van der Waals surface area (Å²) in [4.78, 5) is 37.9. The molecule has 0 aromatic heterocycles. The van der Waals surface area contributed by atoms with Crippen molar-refractivity contribution in [3.05, 3.63) is 146 Å². The van der Waals surface area contributed by atoms with Crippen LogP contribution in [0.4, 0.5) is 0 Å². The molecule has 0 amide bonds. The Morgan fingerprint density at radius 3 is 1.10 bits per heavy atom. The molecule has 0 saturated carbocycles. The fraction of sp³-hybridized carbons (Fsp3) is 0.526. The Hall–Kier alpha value is -4.71. The van der Waals surface area contributed by atoms with Gasteiger partial charge in [0.05, 0.1) is 0 Å². The number of ether oxygens (including phenoxy) is 3. The van der Waals surface area contributed by atoms with E-state index in [4.69, 9.17) is 14.2 Å². The van der Waals surface area contributed by atoms with Crippen molar-refractivity contribution in [2.45, 2.75) is 181 Å². The summed E-state index contributed by atoms with van der Waals surface area (Å²) in [5.41, 5.74) is 0. The van der Waals surface area contributed by atoms with Gasteiger partial charge in [0.15, 0.2) is 6.10 Å². The van der Waals surface area contributed by atoms with Crippen LogP contribution in [0.25, 0.3) is 0 Å². The van der Waals surface area contributed by atoms with Crippen molar-refractivity contribution in [1.29, 1.82) is 0 Å². The lowest BCUT2D eigenvalue weighted by Crippen LogP contribution is -2.30. The molecule has 0 saturated heterocycles. The molecule has 0 aromatic rings. The van der Waals surface area contributed by atoms with Crippen LogP contribution in [0.5, 0.6) is 0 Å². The SMILES string of the molecule is CC\C=C/C=C\C=C/C=C\C=C\C=C/CCCCCC(=O)OC(COC(=O)CCCCCC/C=C\CCCC)COC(=O)CCCCCCC\C=C/C=C\C=C/C=C\C=C/CCC. The van der Waals surface area contributed by atoms with Gasteiger partial charge in [0, 0.05) is 19.3 Å². The smallest absolute Gasteiger partial charge is 0.306 e. The van der Waals surface area contributed by atoms with E-state index in [1.807, 2.05) is 97.2 Å². The van der Waals surface area contributed by atoms with Gasteiger partial charge in [-0.05, 0) is 77.0 Å². The van der Waals surface area contributed by atoms with E-state index < -0.39 is 6.10 Å². The summed E-state index contributed by atoms with van der Waals surface area (Å²) < 4.78 is 16.7. The van der Waals surface area contributed by atoms with Crippen molar-refractivity contribution in [3.8, 4) is 0 Å². The molecule has 0 fully saturated rings. The number of rotatable bonds is 41. The molecule has 0 aliphatic heterocycles. The van der Waals surface area contributed by atoms with Crippen LogP contribution in [0.2, 0.25) is 0 Å². The first-order valence-electron chi connectivity index (χ1n) is 24.5. The van der Waals surface area contributed by atoms with Gasteiger partial charge >= 0.3 is 17.9 Å². The molecule has 0 rings (SSSR count). The van der Waals surface area contributed by atoms with Gasteiger partial charge in [-0.2, -0.15) is 0 Å². The Morgan fingerprint density at radius 2 is 0.667 bits per heavy atom. The highest BCUT2D eigenvalue weighted by molar-refractivity contribution is 5.71. The van der Waals surface area contributed by atoms with Gasteiger partial charge in [0.25, 0.3) is 0 Å². The number of esters is 3. The molecule has 0 N–H and O–H groups in total. The zero-order chi connectivity index (χ0) is 45.8. The zero-order valence-electron chi connectivity index (χ0n) is 39.8. The van der Waals surface area contributed by atoms with E-state index in [-0.39, 0.29) is 37.5 Å². The Balaban J connectivity index is 4.57. The van der Waals surface area contributed by atoms with E-state index in [2.05, 4.69) is 69.4 Å². The van der Waals surface area contributed by atoms with E-state index in [1.165, 1.54) is 19.3 Å². The maximum atomic E-state index is 12.8. The molecule has 1 atom stereocenters. The molecule has 1 unspecified atom stereocenters. The number of carbonyl (C=O) groups excluding carboxylic acids is 3. The average molecular weight is 867 g/mol. The molecule has 0 radical (unpaired) electrons. The molecule has 6 heteroatoms. The fourth-order valence-electron chi connectivity index (χ4n) is 5.89. The van der Waals surface area contributed by atoms with Crippen LogP contribution in [0, 0.1) is 0 Å². The van der Waals surface area contributed by atoms with Crippen LogP contribution < -0.4 is 0 Å². The second kappa shape index (κ2) is 49.9. The molecule has 350 valence electrons. The first-order chi connectivity index (χ1) is 31.0. The summed E-state index contributed by atoms with van der Waals surface area (Å²) in [6, 6.07) is 0. The predicted molar refractivity (Wildman–Crippen MR) is 269 cm³/mol. The molecule has 0 aliphatic rings. The third kappa shape index (κ3) is 48.2. The van der Waals surface area contributed by atoms with Gasteiger partial charge < -0.3 is 14.2 Å². The topological polar surface area (TPSA) is 78.9 Å². The van der Waals surface area contributed by atoms with Gasteiger partial charge in [-0.25, -0.2) is 0 Å². The van der Waals surface area contributed by atoms with Crippen LogP contribution in [0.3, 0.4) is 0 Å². The Kier molecular flexibility index (Phi) is 46.2. The molecule has 0 aliphatic carbocycles. The summed E-state index contributed by atoms with van der Waals surface area (Å²) in [6.07, 6.45) is 71.0. The van der Waals surface area contributed by atoms with Gasteiger partial charge in [-0.1, -0.05) is 224 Å². The van der Waals surface area contributed by atoms with Crippen molar-refractivity contribution in [2.24, 2.45) is 0 Å².